The van der Waals surface area contributed by atoms with Crippen molar-refractivity contribution in [3.8, 4) is 10.7 Å². The molecule has 0 saturated heterocycles. The lowest BCUT2D eigenvalue weighted by Crippen LogP contribution is -2.09. The number of aromatic amines is 1. The summed E-state index contributed by atoms with van der Waals surface area (Å²) in [6.45, 7) is 0. The molecule has 3 N–H and O–H groups in total. The Balaban J connectivity index is 2.65. The van der Waals surface area contributed by atoms with Gasteiger partial charge in [-0.1, -0.05) is 11.6 Å². The molecule has 0 aliphatic rings. The van der Waals surface area contributed by atoms with E-state index in [-0.39, 0.29) is 0 Å². The van der Waals surface area contributed by atoms with Crippen LogP contribution in [0.2, 0.25) is 5.02 Å². The van der Waals surface area contributed by atoms with Crippen LogP contribution >= 0.6 is 35.2 Å². The average Bonchev–Trinajstić information content (AvgIpc) is 2.62. The molecule has 0 amide bonds. The van der Waals surface area contributed by atoms with Gasteiger partial charge in [-0.05, 0) is 23.7 Å². The fourth-order valence-corrected chi connectivity index (χ4v) is 2.18. The summed E-state index contributed by atoms with van der Waals surface area (Å²) in [4.78, 5) is 0.816. The van der Waals surface area contributed by atoms with E-state index >= 15 is 0 Å². The van der Waals surface area contributed by atoms with Gasteiger partial charge in [-0.15, -0.1) is 11.3 Å². The van der Waals surface area contributed by atoms with E-state index in [1.165, 1.54) is 16.0 Å². The van der Waals surface area contributed by atoms with Crippen molar-refractivity contribution in [1.82, 2.24) is 14.9 Å². The van der Waals surface area contributed by atoms with Crippen LogP contribution in [0.5, 0.6) is 0 Å². The van der Waals surface area contributed by atoms with Crippen LogP contribution in [0.1, 0.15) is 0 Å². The van der Waals surface area contributed by atoms with E-state index in [0.717, 1.165) is 4.88 Å². The fourth-order valence-electron chi connectivity index (χ4n) is 0.918. The highest BCUT2D eigenvalue weighted by atomic mass is 35.5. The van der Waals surface area contributed by atoms with E-state index < -0.39 is 0 Å². The SMILES string of the molecule is Nn1c(-c2sccc2Cl)n[nH]c1=S. The molecule has 2 aromatic rings. The largest absolute Gasteiger partial charge is 0.335 e. The first-order valence-electron chi connectivity index (χ1n) is 3.36. The molecule has 0 radical (unpaired) electrons. The van der Waals surface area contributed by atoms with Gasteiger partial charge in [-0.25, -0.2) is 9.77 Å². The van der Waals surface area contributed by atoms with Gasteiger partial charge >= 0.3 is 0 Å². The van der Waals surface area contributed by atoms with Crippen molar-refractivity contribution in [3.05, 3.63) is 21.2 Å². The number of hydrogen-bond donors (Lipinski definition) is 2. The molecule has 0 spiro atoms. The maximum absolute atomic E-state index is 5.91. The summed E-state index contributed by atoms with van der Waals surface area (Å²) in [6.07, 6.45) is 0. The fraction of sp³-hybridized carbons (Fsp3) is 0. The predicted octanol–water partition coefficient (Wildman–Crippen LogP) is 2.04. The highest BCUT2D eigenvalue weighted by Crippen LogP contribution is 2.30. The van der Waals surface area contributed by atoms with Crippen molar-refractivity contribution in [1.29, 1.82) is 0 Å². The van der Waals surface area contributed by atoms with E-state index in [2.05, 4.69) is 10.2 Å². The molecule has 2 heterocycles. The second-order valence-electron chi connectivity index (χ2n) is 2.32. The number of hydrogen-bond acceptors (Lipinski definition) is 4. The Bertz CT molecular complexity index is 483. The molecule has 68 valence electrons. The van der Waals surface area contributed by atoms with Gasteiger partial charge in [-0.2, -0.15) is 5.10 Å². The molecular formula is C6H5ClN4S2. The van der Waals surface area contributed by atoms with Crippen molar-refractivity contribution in [2.75, 3.05) is 5.84 Å². The Morgan fingerprint density at radius 3 is 2.92 bits per heavy atom. The standard InChI is InChI=1S/C6H5ClN4S2/c7-3-1-2-13-4(3)5-9-10-6(12)11(5)8/h1-2H,8H2,(H,10,12). The van der Waals surface area contributed by atoms with Crippen LogP contribution in [0.15, 0.2) is 11.4 Å². The Hall–Kier alpha value is -0.850. The lowest BCUT2D eigenvalue weighted by molar-refractivity contribution is 0.986. The molecule has 2 aromatic heterocycles. The smallest absolute Gasteiger partial charge is 0.214 e. The quantitative estimate of drug-likeness (QED) is 0.584. The molecule has 2 rings (SSSR count). The zero-order chi connectivity index (χ0) is 9.42. The van der Waals surface area contributed by atoms with Crippen LogP contribution in [0.4, 0.5) is 0 Å². The molecule has 4 nitrogen and oxygen atoms in total. The van der Waals surface area contributed by atoms with Gasteiger partial charge in [-0.3, -0.25) is 0 Å². The topological polar surface area (TPSA) is 59.6 Å². The second-order valence-corrected chi connectivity index (χ2v) is 4.03. The van der Waals surface area contributed by atoms with E-state index in [0.29, 0.717) is 15.6 Å². The van der Waals surface area contributed by atoms with Gasteiger partial charge in [0.05, 0.1) is 9.90 Å². The Morgan fingerprint density at radius 2 is 2.46 bits per heavy atom. The third kappa shape index (κ3) is 1.37. The maximum atomic E-state index is 5.91. The van der Waals surface area contributed by atoms with E-state index in [4.69, 9.17) is 29.7 Å². The van der Waals surface area contributed by atoms with Gasteiger partial charge in [0.2, 0.25) is 4.77 Å². The number of thiophene rings is 1. The summed E-state index contributed by atoms with van der Waals surface area (Å²) < 4.78 is 1.67. The lowest BCUT2D eigenvalue weighted by Gasteiger charge is -1.96. The van der Waals surface area contributed by atoms with Crippen molar-refractivity contribution >= 4 is 35.2 Å². The molecule has 0 aliphatic heterocycles. The zero-order valence-corrected chi connectivity index (χ0v) is 8.71. The van der Waals surface area contributed by atoms with E-state index in [9.17, 15) is 0 Å². The minimum Gasteiger partial charge on any atom is -0.335 e. The molecule has 7 heteroatoms. The summed E-state index contributed by atoms with van der Waals surface area (Å²) in [7, 11) is 0. The number of aromatic nitrogens is 3. The first-order valence-corrected chi connectivity index (χ1v) is 5.02. The van der Waals surface area contributed by atoms with Crippen LogP contribution in [-0.2, 0) is 0 Å². The molecule has 0 aliphatic carbocycles. The van der Waals surface area contributed by atoms with Crippen molar-refractivity contribution < 1.29 is 0 Å². The predicted molar refractivity (Wildman–Crippen MR) is 55.9 cm³/mol. The number of halogens is 1. The molecule has 0 saturated carbocycles. The Labute approximate surface area is 87.9 Å². The van der Waals surface area contributed by atoms with Crippen molar-refractivity contribution in [2.45, 2.75) is 0 Å². The van der Waals surface area contributed by atoms with E-state index in [1.807, 2.05) is 5.38 Å². The molecule has 0 unspecified atom stereocenters. The molecule has 0 bridgehead atoms. The van der Waals surface area contributed by atoms with Crippen molar-refractivity contribution in [2.24, 2.45) is 0 Å². The van der Waals surface area contributed by atoms with Gasteiger partial charge in [0.25, 0.3) is 0 Å². The first-order chi connectivity index (χ1) is 6.20. The number of rotatable bonds is 1. The van der Waals surface area contributed by atoms with Gasteiger partial charge < -0.3 is 5.84 Å². The zero-order valence-electron chi connectivity index (χ0n) is 6.32. The summed E-state index contributed by atoms with van der Waals surface area (Å²) in [5, 5.41) is 9.06. The maximum Gasteiger partial charge on any atom is 0.214 e. The average molecular weight is 233 g/mol. The lowest BCUT2D eigenvalue weighted by atomic mass is 10.4. The minimum absolute atomic E-state index is 0.375. The number of nitrogen functional groups attached to an aromatic ring is 1. The van der Waals surface area contributed by atoms with Gasteiger partial charge in [0, 0.05) is 0 Å². The van der Waals surface area contributed by atoms with Crippen LogP contribution in [0.25, 0.3) is 10.7 Å². The van der Waals surface area contributed by atoms with Gasteiger partial charge in [0.15, 0.2) is 5.82 Å². The number of nitrogens with zero attached hydrogens (tertiary/aromatic N) is 2. The van der Waals surface area contributed by atoms with Crippen LogP contribution in [0.3, 0.4) is 0 Å². The molecule has 13 heavy (non-hydrogen) atoms. The molecule has 0 fully saturated rings. The van der Waals surface area contributed by atoms with Crippen LogP contribution < -0.4 is 5.84 Å². The molecule has 0 aromatic carbocycles. The van der Waals surface area contributed by atoms with Gasteiger partial charge in [0.1, 0.15) is 0 Å². The number of H-pyrrole nitrogens is 1. The highest BCUT2D eigenvalue weighted by molar-refractivity contribution is 7.71. The summed E-state index contributed by atoms with van der Waals surface area (Å²) in [5.74, 6) is 6.19. The summed E-state index contributed by atoms with van der Waals surface area (Å²) in [6, 6.07) is 1.79. The summed E-state index contributed by atoms with van der Waals surface area (Å²) in [5.41, 5.74) is 0. The van der Waals surface area contributed by atoms with E-state index in [1.54, 1.807) is 6.07 Å². The minimum atomic E-state index is 0.375. The monoisotopic (exact) mass is 232 g/mol. The Morgan fingerprint density at radius 1 is 1.69 bits per heavy atom. The van der Waals surface area contributed by atoms with Crippen LogP contribution in [-0.4, -0.2) is 14.9 Å². The first kappa shape index (κ1) is 8.74. The number of nitrogens with two attached hydrogens (primary N) is 1. The third-order valence-corrected chi connectivity index (χ3v) is 3.15. The third-order valence-electron chi connectivity index (χ3n) is 1.52. The summed E-state index contributed by atoms with van der Waals surface area (Å²) >= 11 is 12.3. The van der Waals surface area contributed by atoms with Crippen molar-refractivity contribution in [3.63, 3.8) is 0 Å². The Kier molecular flexibility index (Phi) is 2.10. The molecule has 0 atom stereocenters. The number of nitrogens with one attached hydrogen (secondary N) is 1. The second kappa shape index (κ2) is 3.13. The highest BCUT2D eigenvalue weighted by Gasteiger charge is 2.11. The van der Waals surface area contributed by atoms with Crippen LogP contribution in [0, 0.1) is 4.77 Å². The molecular weight excluding hydrogens is 228 g/mol. The normalized spacial score (nSPS) is 10.5.